The molecule has 2 unspecified atom stereocenters. The van der Waals surface area contributed by atoms with Crippen molar-refractivity contribution in [2.24, 2.45) is 0 Å². The molecule has 0 aromatic heterocycles. The van der Waals surface area contributed by atoms with Crippen molar-refractivity contribution >= 4 is 0 Å². The van der Waals surface area contributed by atoms with E-state index in [0.29, 0.717) is 29.4 Å². The van der Waals surface area contributed by atoms with E-state index in [9.17, 15) is 5.11 Å². The topological polar surface area (TPSA) is 47.9 Å². The normalized spacial score (nSPS) is 18.1. The number of methoxy groups -OCH3 is 1. The van der Waals surface area contributed by atoms with Crippen molar-refractivity contribution in [1.82, 2.24) is 0 Å². The molecule has 1 heterocycles. The molecule has 2 atom stereocenters. The van der Waals surface area contributed by atoms with Gasteiger partial charge in [-0.25, -0.2) is 0 Å². The number of hydrogen-bond donors (Lipinski definition) is 1. The van der Waals surface area contributed by atoms with Gasteiger partial charge in [0.15, 0.2) is 17.6 Å². The molecule has 1 aliphatic rings. The van der Waals surface area contributed by atoms with E-state index in [1.165, 1.54) is 0 Å². The van der Waals surface area contributed by atoms with Gasteiger partial charge in [0.1, 0.15) is 18.5 Å². The summed E-state index contributed by atoms with van der Waals surface area (Å²) in [5, 5.41) is 10.6. The summed E-state index contributed by atoms with van der Waals surface area (Å²) >= 11 is 0. The summed E-state index contributed by atoms with van der Waals surface area (Å²) < 4.78 is 16.8. The Kier molecular flexibility index (Phi) is 3.71. The van der Waals surface area contributed by atoms with E-state index in [4.69, 9.17) is 14.2 Å². The van der Waals surface area contributed by atoms with Crippen LogP contribution in [0.2, 0.25) is 0 Å². The van der Waals surface area contributed by atoms with Crippen molar-refractivity contribution < 1.29 is 19.3 Å². The summed E-state index contributed by atoms with van der Waals surface area (Å²) in [5.41, 5.74) is 1.77. The van der Waals surface area contributed by atoms with Crippen LogP contribution in [0.4, 0.5) is 0 Å². The third-order valence-corrected chi connectivity index (χ3v) is 3.59. The second-order valence-corrected chi connectivity index (χ2v) is 5.10. The van der Waals surface area contributed by atoms with Crippen LogP contribution in [0.15, 0.2) is 42.5 Å². The fraction of sp³-hybridized carbons (Fsp3) is 0.294. The van der Waals surface area contributed by atoms with Gasteiger partial charge in [0.05, 0.1) is 7.11 Å². The molecule has 0 saturated carbocycles. The van der Waals surface area contributed by atoms with Gasteiger partial charge in [-0.05, 0) is 31.2 Å². The third kappa shape index (κ3) is 2.67. The fourth-order valence-electron chi connectivity index (χ4n) is 2.48. The van der Waals surface area contributed by atoms with Crippen molar-refractivity contribution in [2.75, 3.05) is 13.7 Å². The first-order valence-corrected chi connectivity index (χ1v) is 6.90. The van der Waals surface area contributed by atoms with Crippen LogP contribution >= 0.6 is 0 Å². The highest BCUT2D eigenvalue weighted by atomic mass is 16.6. The van der Waals surface area contributed by atoms with Crippen LogP contribution in [-0.4, -0.2) is 24.9 Å². The van der Waals surface area contributed by atoms with Crippen LogP contribution in [0.1, 0.15) is 17.2 Å². The van der Waals surface area contributed by atoms with Gasteiger partial charge in [0.2, 0.25) is 0 Å². The van der Waals surface area contributed by atoms with Gasteiger partial charge in [0, 0.05) is 5.56 Å². The lowest BCUT2D eigenvalue weighted by Gasteiger charge is -2.30. The maximum Gasteiger partial charge on any atom is 0.163 e. The molecule has 0 aliphatic carbocycles. The molecule has 0 fully saturated rings. The molecule has 1 N–H and O–H groups in total. The molecule has 110 valence electrons. The molecule has 0 bridgehead atoms. The Hall–Kier alpha value is -2.20. The molecular formula is C17H18O4. The van der Waals surface area contributed by atoms with Crippen molar-refractivity contribution in [3.8, 4) is 17.2 Å². The number of hydrogen-bond acceptors (Lipinski definition) is 4. The summed E-state index contributed by atoms with van der Waals surface area (Å²) in [6, 6.07) is 13.2. The van der Waals surface area contributed by atoms with E-state index in [1.807, 2.05) is 49.4 Å². The third-order valence-electron chi connectivity index (χ3n) is 3.59. The summed E-state index contributed by atoms with van der Waals surface area (Å²) in [6.07, 6.45) is -1.27. The Morgan fingerprint density at radius 1 is 1.19 bits per heavy atom. The van der Waals surface area contributed by atoms with E-state index >= 15 is 0 Å². The lowest BCUT2D eigenvalue weighted by atomic mass is 10.0. The first kappa shape index (κ1) is 13.8. The Bertz CT molecular complexity index is 638. The molecule has 0 spiro atoms. The Morgan fingerprint density at radius 3 is 2.71 bits per heavy atom. The van der Waals surface area contributed by atoms with E-state index in [-0.39, 0.29) is 0 Å². The number of aliphatic hydroxyl groups is 1. The molecule has 21 heavy (non-hydrogen) atoms. The van der Waals surface area contributed by atoms with Gasteiger partial charge in [-0.1, -0.05) is 23.8 Å². The van der Waals surface area contributed by atoms with Gasteiger partial charge >= 0.3 is 0 Å². The molecule has 1 aliphatic heterocycles. The quantitative estimate of drug-likeness (QED) is 0.942. The molecule has 4 nitrogen and oxygen atoms in total. The fourth-order valence-corrected chi connectivity index (χ4v) is 2.48. The maximum absolute atomic E-state index is 10.6. The molecule has 3 rings (SSSR count). The lowest BCUT2D eigenvalue weighted by Crippen LogP contribution is -2.35. The molecule has 0 amide bonds. The van der Waals surface area contributed by atoms with Gasteiger partial charge in [0.25, 0.3) is 0 Å². The summed E-state index contributed by atoms with van der Waals surface area (Å²) in [6.45, 7) is 2.28. The number of aryl methyl sites for hydroxylation is 1. The maximum atomic E-state index is 10.6. The van der Waals surface area contributed by atoms with Crippen molar-refractivity contribution in [3.63, 3.8) is 0 Å². The van der Waals surface area contributed by atoms with Crippen molar-refractivity contribution in [2.45, 2.75) is 19.1 Å². The number of benzene rings is 2. The standard InChI is InChI=1S/C17H18O4/c1-11-7-8-13(19-2)12(9-11)17(18)16-10-20-14-5-3-4-6-15(14)21-16/h3-9,16-18H,10H2,1-2H3. The number of ether oxygens (including phenoxy) is 3. The predicted molar refractivity (Wildman–Crippen MR) is 79.0 cm³/mol. The van der Waals surface area contributed by atoms with Crippen LogP contribution in [0, 0.1) is 6.92 Å². The zero-order valence-electron chi connectivity index (χ0n) is 12.1. The van der Waals surface area contributed by atoms with Gasteiger partial charge in [-0.3, -0.25) is 0 Å². The monoisotopic (exact) mass is 286 g/mol. The Morgan fingerprint density at radius 2 is 1.95 bits per heavy atom. The SMILES string of the molecule is COc1ccc(C)cc1C(O)C1COc2ccccc2O1. The van der Waals surface area contributed by atoms with Crippen LogP contribution < -0.4 is 14.2 Å². The predicted octanol–water partition coefficient (Wildman–Crippen LogP) is 2.88. The summed E-state index contributed by atoms with van der Waals surface area (Å²) in [7, 11) is 1.59. The molecule has 4 heteroatoms. The van der Waals surface area contributed by atoms with Crippen LogP contribution in [0.25, 0.3) is 0 Å². The second-order valence-electron chi connectivity index (χ2n) is 5.10. The Labute approximate surface area is 123 Å². The molecule has 2 aromatic rings. The summed E-state index contributed by atoms with van der Waals surface area (Å²) in [4.78, 5) is 0. The molecule has 2 aromatic carbocycles. The Balaban J connectivity index is 1.87. The first-order valence-electron chi connectivity index (χ1n) is 6.90. The van der Waals surface area contributed by atoms with Crippen LogP contribution in [0.5, 0.6) is 17.2 Å². The van der Waals surface area contributed by atoms with Crippen LogP contribution in [0.3, 0.4) is 0 Å². The highest BCUT2D eigenvalue weighted by Gasteiger charge is 2.30. The molecule has 0 saturated heterocycles. The smallest absolute Gasteiger partial charge is 0.163 e. The van der Waals surface area contributed by atoms with Crippen molar-refractivity contribution in [1.29, 1.82) is 0 Å². The molecular weight excluding hydrogens is 268 g/mol. The van der Waals surface area contributed by atoms with Crippen molar-refractivity contribution in [3.05, 3.63) is 53.6 Å². The van der Waals surface area contributed by atoms with Crippen LogP contribution in [-0.2, 0) is 0 Å². The average molecular weight is 286 g/mol. The van der Waals surface area contributed by atoms with E-state index in [1.54, 1.807) is 7.11 Å². The average Bonchev–Trinajstić information content (AvgIpc) is 2.53. The van der Waals surface area contributed by atoms with Gasteiger partial charge in [-0.2, -0.15) is 0 Å². The summed E-state index contributed by atoms with van der Waals surface area (Å²) in [5.74, 6) is 2.01. The molecule has 0 radical (unpaired) electrons. The lowest BCUT2D eigenvalue weighted by molar-refractivity contribution is -0.0122. The van der Waals surface area contributed by atoms with E-state index in [2.05, 4.69) is 0 Å². The number of para-hydroxylation sites is 2. The van der Waals surface area contributed by atoms with E-state index < -0.39 is 12.2 Å². The minimum atomic E-state index is -0.812. The number of rotatable bonds is 3. The zero-order chi connectivity index (χ0) is 14.8. The minimum absolute atomic E-state index is 0.301. The minimum Gasteiger partial charge on any atom is -0.496 e. The number of aliphatic hydroxyl groups excluding tert-OH is 1. The van der Waals surface area contributed by atoms with E-state index in [0.717, 1.165) is 5.56 Å². The number of fused-ring (bicyclic) bond motifs is 1. The zero-order valence-corrected chi connectivity index (χ0v) is 12.1. The highest BCUT2D eigenvalue weighted by Crippen LogP contribution is 2.36. The van der Waals surface area contributed by atoms with Gasteiger partial charge < -0.3 is 19.3 Å². The largest absolute Gasteiger partial charge is 0.496 e. The first-order chi connectivity index (χ1) is 10.2. The second kappa shape index (κ2) is 5.66. The highest BCUT2D eigenvalue weighted by molar-refractivity contribution is 5.42. The van der Waals surface area contributed by atoms with Gasteiger partial charge in [-0.15, -0.1) is 0 Å².